The summed E-state index contributed by atoms with van der Waals surface area (Å²) in [5.74, 6) is -2.61. The Morgan fingerprint density at radius 3 is 2.81 bits per heavy atom. The van der Waals surface area contributed by atoms with E-state index in [4.69, 9.17) is 4.42 Å². The lowest BCUT2D eigenvalue weighted by atomic mass is 10.2. The van der Waals surface area contributed by atoms with Crippen molar-refractivity contribution < 1.29 is 27.1 Å². The highest BCUT2D eigenvalue weighted by atomic mass is 79.9. The van der Waals surface area contributed by atoms with Crippen molar-refractivity contribution in [3.63, 3.8) is 0 Å². The highest BCUT2D eigenvalue weighted by molar-refractivity contribution is 9.10. The molecule has 0 aliphatic carbocycles. The zero-order chi connectivity index (χ0) is 15.6. The number of hydrogen-bond donors (Lipinski definition) is 0. The molecule has 0 saturated heterocycles. The first-order valence-corrected chi connectivity index (χ1v) is 6.64. The van der Waals surface area contributed by atoms with Crippen molar-refractivity contribution in [2.24, 2.45) is 0 Å². The van der Waals surface area contributed by atoms with Gasteiger partial charge in [-0.2, -0.15) is 0 Å². The van der Waals surface area contributed by atoms with Gasteiger partial charge < -0.3 is 9.15 Å². The van der Waals surface area contributed by atoms with Crippen LogP contribution in [0.15, 0.2) is 27.1 Å². The third-order valence-electron chi connectivity index (χ3n) is 2.48. The Kier molecular flexibility index (Phi) is 4.66. The van der Waals surface area contributed by atoms with Crippen molar-refractivity contribution in [2.45, 2.75) is 13.3 Å². The molecule has 0 atom stereocenters. The number of oxazole rings is 1. The number of hydrogen-bond acceptors (Lipinski definition) is 4. The Labute approximate surface area is 126 Å². The molecule has 0 N–H and O–H groups in total. The van der Waals surface area contributed by atoms with Gasteiger partial charge in [-0.15, -0.1) is 0 Å². The first-order valence-electron chi connectivity index (χ1n) is 5.85. The molecule has 0 unspecified atom stereocenters. The molecule has 1 heterocycles. The van der Waals surface area contributed by atoms with E-state index in [0.717, 1.165) is 6.07 Å². The van der Waals surface area contributed by atoms with Crippen LogP contribution in [0.4, 0.5) is 13.2 Å². The average molecular weight is 364 g/mol. The Balaban J connectivity index is 2.53. The molecule has 1 aromatic carbocycles. The first-order chi connectivity index (χ1) is 9.93. The third-order valence-corrected chi connectivity index (χ3v) is 3.17. The van der Waals surface area contributed by atoms with Gasteiger partial charge in [0.05, 0.1) is 12.2 Å². The average Bonchev–Trinajstić information content (AvgIpc) is 2.87. The zero-order valence-corrected chi connectivity index (χ0v) is 12.3. The summed E-state index contributed by atoms with van der Waals surface area (Å²) >= 11 is 3.14. The van der Waals surface area contributed by atoms with Crippen LogP contribution in [0.3, 0.4) is 0 Å². The lowest BCUT2D eigenvalue weighted by Crippen LogP contribution is -2.06. The molecule has 0 aliphatic rings. The summed E-state index contributed by atoms with van der Waals surface area (Å²) in [6, 6.07) is 3.61. The van der Waals surface area contributed by atoms with E-state index in [9.17, 15) is 18.0 Å². The summed E-state index contributed by atoms with van der Waals surface area (Å²) in [4.78, 5) is 15.2. The van der Waals surface area contributed by atoms with E-state index in [1.165, 1.54) is 19.1 Å². The molecule has 0 bridgehead atoms. The molecule has 0 radical (unpaired) electrons. The minimum Gasteiger partial charge on any atom is -0.460 e. The largest absolute Gasteiger partial charge is 0.460 e. The molecular weight excluding hydrogens is 355 g/mol. The van der Waals surface area contributed by atoms with Crippen molar-refractivity contribution in [1.82, 2.24) is 4.98 Å². The van der Waals surface area contributed by atoms with E-state index < -0.39 is 29.7 Å². The van der Waals surface area contributed by atoms with Crippen molar-refractivity contribution in [3.05, 3.63) is 39.9 Å². The molecule has 112 valence electrons. The molecule has 0 saturated carbocycles. The molecule has 21 heavy (non-hydrogen) atoms. The van der Waals surface area contributed by atoms with Crippen LogP contribution in [0.2, 0.25) is 0 Å². The van der Waals surface area contributed by atoms with Crippen LogP contribution < -0.4 is 0 Å². The number of ether oxygens (including phenoxy) is 1. The van der Waals surface area contributed by atoms with E-state index in [0.29, 0.717) is 4.47 Å². The number of carbonyl (C=O) groups excluding carboxylic acids is 1. The lowest BCUT2D eigenvalue weighted by molar-refractivity contribution is 0.0476. The number of halogens is 4. The van der Waals surface area contributed by atoms with Gasteiger partial charge in [-0.25, -0.2) is 22.9 Å². The van der Waals surface area contributed by atoms with Gasteiger partial charge >= 0.3 is 5.97 Å². The molecular formula is C13H9BrF3NO3. The Bertz CT molecular complexity index is 673. The van der Waals surface area contributed by atoms with Gasteiger partial charge in [0.15, 0.2) is 5.69 Å². The maximum Gasteiger partial charge on any atom is 0.376 e. The molecule has 8 heteroatoms. The SMILES string of the molecule is CCOC(=O)c1oc(-c2cc(F)ccc2Br)nc1C(F)F. The topological polar surface area (TPSA) is 52.3 Å². The van der Waals surface area contributed by atoms with Crippen LogP contribution in [-0.2, 0) is 4.74 Å². The smallest absolute Gasteiger partial charge is 0.376 e. The molecule has 0 spiro atoms. The number of alkyl halides is 2. The number of rotatable bonds is 4. The Morgan fingerprint density at radius 1 is 1.48 bits per heavy atom. The molecule has 0 amide bonds. The number of esters is 1. The lowest BCUT2D eigenvalue weighted by Gasteiger charge is -2.00. The summed E-state index contributed by atoms with van der Waals surface area (Å²) in [6.45, 7) is 1.53. The molecule has 0 fully saturated rings. The van der Waals surface area contributed by atoms with Crippen LogP contribution in [0.1, 0.15) is 29.6 Å². The quantitative estimate of drug-likeness (QED) is 0.757. The summed E-state index contributed by atoms with van der Waals surface area (Å²) in [6.07, 6.45) is -3.02. The van der Waals surface area contributed by atoms with Crippen LogP contribution in [-0.4, -0.2) is 17.6 Å². The van der Waals surface area contributed by atoms with Gasteiger partial charge in [0.2, 0.25) is 11.7 Å². The zero-order valence-electron chi connectivity index (χ0n) is 10.7. The monoisotopic (exact) mass is 363 g/mol. The number of aromatic nitrogens is 1. The Morgan fingerprint density at radius 2 is 2.19 bits per heavy atom. The van der Waals surface area contributed by atoms with Crippen molar-refractivity contribution >= 4 is 21.9 Å². The van der Waals surface area contributed by atoms with Gasteiger partial charge in [-0.3, -0.25) is 0 Å². The second-order valence-electron chi connectivity index (χ2n) is 3.88. The predicted molar refractivity (Wildman–Crippen MR) is 70.5 cm³/mol. The maximum absolute atomic E-state index is 13.2. The second-order valence-corrected chi connectivity index (χ2v) is 4.73. The van der Waals surface area contributed by atoms with E-state index in [1.54, 1.807) is 0 Å². The van der Waals surface area contributed by atoms with Crippen LogP contribution in [0, 0.1) is 5.82 Å². The third kappa shape index (κ3) is 3.26. The van der Waals surface area contributed by atoms with Crippen LogP contribution in [0.5, 0.6) is 0 Å². The second kappa shape index (κ2) is 6.30. The number of carbonyl (C=O) groups is 1. The minimum atomic E-state index is -3.02. The molecule has 1 aromatic heterocycles. The Hall–Kier alpha value is -1.83. The maximum atomic E-state index is 13.2. The van der Waals surface area contributed by atoms with Crippen molar-refractivity contribution in [2.75, 3.05) is 6.61 Å². The highest BCUT2D eigenvalue weighted by Gasteiger charge is 2.28. The van der Waals surface area contributed by atoms with Gasteiger partial charge in [-0.05, 0) is 41.1 Å². The number of benzene rings is 1. The first kappa shape index (κ1) is 15.6. The van der Waals surface area contributed by atoms with Gasteiger partial charge in [-0.1, -0.05) is 0 Å². The summed E-state index contributed by atoms with van der Waals surface area (Å²) in [7, 11) is 0. The van der Waals surface area contributed by atoms with Crippen LogP contribution in [0.25, 0.3) is 11.5 Å². The predicted octanol–water partition coefficient (Wildman–Crippen LogP) is 4.36. The van der Waals surface area contributed by atoms with E-state index in [-0.39, 0.29) is 18.1 Å². The van der Waals surface area contributed by atoms with Gasteiger partial charge in [0.1, 0.15) is 5.82 Å². The normalized spacial score (nSPS) is 11.0. The van der Waals surface area contributed by atoms with E-state index >= 15 is 0 Å². The fourth-order valence-electron chi connectivity index (χ4n) is 1.60. The number of nitrogens with zero attached hydrogens (tertiary/aromatic N) is 1. The fourth-order valence-corrected chi connectivity index (χ4v) is 2.02. The summed E-state index contributed by atoms with van der Waals surface area (Å²) in [5, 5.41) is 0. The van der Waals surface area contributed by atoms with Gasteiger partial charge in [0.25, 0.3) is 6.43 Å². The van der Waals surface area contributed by atoms with Crippen LogP contribution >= 0.6 is 15.9 Å². The summed E-state index contributed by atoms with van der Waals surface area (Å²) in [5.41, 5.74) is -0.716. The highest BCUT2D eigenvalue weighted by Crippen LogP contribution is 2.33. The minimum absolute atomic E-state index is 0.00119. The van der Waals surface area contributed by atoms with Crippen molar-refractivity contribution in [1.29, 1.82) is 0 Å². The summed E-state index contributed by atoms with van der Waals surface area (Å²) < 4.78 is 49.2. The van der Waals surface area contributed by atoms with E-state index in [2.05, 4.69) is 25.7 Å². The molecule has 0 aliphatic heterocycles. The molecule has 4 nitrogen and oxygen atoms in total. The van der Waals surface area contributed by atoms with Crippen molar-refractivity contribution in [3.8, 4) is 11.5 Å². The van der Waals surface area contributed by atoms with Gasteiger partial charge in [0, 0.05) is 4.47 Å². The van der Waals surface area contributed by atoms with E-state index in [1.807, 2.05) is 0 Å². The molecule has 2 aromatic rings. The fraction of sp³-hybridized carbons (Fsp3) is 0.231. The molecule has 2 rings (SSSR count). The standard InChI is InChI=1S/C13H9BrF3NO3/c1-2-20-13(19)10-9(11(16)17)18-12(21-10)7-5-6(15)3-4-8(7)14/h3-5,11H,2H2,1H3.